The molecule has 0 saturated heterocycles. The zero-order chi connectivity index (χ0) is 15.7. The molecule has 6 nitrogen and oxygen atoms in total. The number of amides is 2. The van der Waals surface area contributed by atoms with Crippen molar-refractivity contribution < 1.29 is 9.53 Å². The van der Waals surface area contributed by atoms with Gasteiger partial charge in [0.15, 0.2) is 0 Å². The minimum Gasteiger partial charge on any atom is -0.383 e. The van der Waals surface area contributed by atoms with Gasteiger partial charge in [-0.15, -0.1) is 0 Å². The van der Waals surface area contributed by atoms with Gasteiger partial charge in [-0.25, -0.2) is 4.79 Å². The molecule has 0 spiro atoms. The van der Waals surface area contributed by atoms with Gasteiger partial charge in [0.25, 0.3) is 0 Å². The van der Waals surface area contributed by atoms with Gasteiger partial charge in [0.2, 0.25) is 0 Å². The van der Waals surface area contributed by atoms with Crippen molar-refractivity contribution in [3.8, 4) is 6.07 Å². The lowest BCUT2D eigenvalue weighted by molar-refractivity contribution is 0.156. The van der Waals surface area contributed by atoms with Crippen molar-refractivity contribution in [1.29, 1.82) is 5.26 Å². The van der Waals surface area contributed by atoms with Gasteiger partial charge in [0.05, 0.1) is 19.1 Å². The van der Waals surface area contributed by atoms with E-state index in [0.717, 1.165) is 5.56 Å². The highest BCUT2D eigenvalue weighted by Gasteiger charge is 2.13. The van der Waals surface area contributed by atoms with E-state index in [2.05, 4.69) is 5.32 Å². The summed E-state index contributed by atoms with van der Waals surface area (Å²) in [7, 11) is 1.58. The minimum absolute atomic E-state index is 0.0384. The number of rotatable bonds is 7. The molecule has 1 aromatic rings. The number of hydrogen-bond acceptors (Lipinski definition) is 4. The maximum absolute atomic E-state index is 12.2. The number of carbonyl (C=O) groups excluding carboxylic acids is 1. The van der Waals surface area contributed by atoms with E-state index in [4.69, 9.17) is 15.7 Å². The molecule has 0 aliphatic rings. The fraction of sp³-hybridized carbons (Fsp3) is 0.467. The molecule has 0 aliphatic heterocycles. The average Bonchev–Trinajstić information content (AvgIpc) is 2.47. The van der Waals surface area contributed by atoms with E-state index in [1.165, 1.54) is 0 Å². The summed E-state index contributed by atoms with van der Waals surface area (Å²) in [6.07, 6.45) is 0.292. The fourth-order valence-corrected chi connectivity index (χ4v) is 1.77. The predicted octanol–water partition coefficient (Wildman–Crippen LogP) is 2.10. The van der Waals surface area contributed by atoms with Gasteiger partial charge in [0, 0.05) is 31.9 Å². The molecule has 0 saturated carbocycles. The van der Waals surface area contributed by atoms with Gasteiger partial charge in [-0.05, 0) is 24.6 Å². The Hall–Kier alpha value is -2.10. The second-order valence-corrected chi connectivity index (χ2v) is 4.73. The van der Waals surface area contributed by atoms with Crippen LogP contribution in [0.3, 0.4) is 0 Å². The highest BCUT2D eigenvalue weighted by atomic mass is 16.5. The van der Waals surface area contributed by atoms with E-state index < -0.39 is 0 Å². The zero-order valence-corrected chi connectivity index (χ0v) is 12.5. The van der Waals surface area contributed by atoms with Crippen LogP contribution in [0.2, 0.25) is 0 Å². The lowest BCUT2D eigenvalue weighted by Crippen LogP contribution is -2.38. The van der Waals surface area contributed by atoms with E-state index in [0.29, 0.717) is 31.8 Å². The molecule has 0 radical (unpaired) electrons. The summed E-state index contributed by atoms with van der Waals surface area (Å²) >= 11 is 0. The number of urea groups is 1. The minimum atomic E-state index is -0.240. The molecule has 0 heterocycles. The first-order valence-corrected chi connectivity index (χ1v) is 6.85. The summed E-state index contributed by atoms with van der Waals surface area (Å²) in [5.41, 5.74) is 7.49. The van der Waals surface area contributed by atoms with Gasteiger partial charge in [-0.2, -0.15) is 5.26 Å². The Bertz CT molecular complexity index is 479. The van der Waals surface area contributed by atoms with Gasteiger partial charge in [0.1, 0.15) is 0 Å². The van der Waals surface area contributed by atoms with E-state index in [-0.39, 0.29) is 12.1 Å². The normalized spacial score (nSPS) is 11.5. The number of nitrogens with two attached hydrogens (primary N) is 1. The first kappa shape index (κ1) is 17.0. The van der Waals surface area contributed by atoms with Crippen molar-refractivity contribution in [1.82, 2.24) is 4.90 Å². The van der Waals surface area contributed by atoms with Crippen LogP contribution in [0.15, 0.2) is 24.3 Å². The Morgan fingerprint density at radius 2 is 2.10 bits per heavy atom. The Balaban J connectivity index is 2.64. The van der Waals surface area contributed by atoms with E-state index >= 15 is 0 Å². The Kier molecular flexibility index (Phi) is 7.23. The molecule has 0 fully saturated rings. The lowest BCUT2D eigenvalue weighted by atomic mass is 10.1. The quantitative estimate of drug-likeness (QED) is 0.804. The summed E-state index contributed by atoms with van der Waals surface area (Å²) in [5, 5.41) is 11.5. The third-order valence-electron chi connectivity index (χ3n) is 3.03. The largest absolute Gasteiger partial charge is 0.383 e. The lowest BCUT2D eigenvalue weighted by Gasteiger charge is -2.21. The summed E-state index contributed by atoms with van der Waals surface area (Å²) in [6.45, 7) is 3.16. The number of nitriles is 1. The molecule has 1 atom stereocenters. The molecule has 1 unspecified atom stereocenters. The molecule has 1 aromatic carbocycles. The predicted molar refractivity (Wildman–Crippen MR) is 81.7 cm³/mol. The molecule has 1 rings (SSSR count). The molecule has 0 aliphatic carbocycles. The number of nitrogens with one attached hydrogen (secondary N) is 1. The topological polar surface area (TPSA) is 91.4 Å². The zero-order valence-electron chi connectivity index (χ0n) is 12.5. The van der Waals surface area contributed by atoms with Gasteiger partial charge in [-0.1, -0.05) is 12.1 Å². The number of hydrogen-bond donors (Lipinski definition) is 2. The second kappa shape index (κ2) is 8.95. The van der Waals surface area contributed by atoms with E-state index in [1.54, 1.807) is 12.0 Å². The van der Waals surface area contributed by atoms with Crippen LogP contribution in [0.4, 0.5) is 10.5 Å². The molecule has 2 amide bonds. The van der Waals surface area contributed by atoms with Gasteiger partial charge < -0.3 is 20.7 Å². The number of carbonyl (C=O) groups is 1. The smallest absolute Gasteiger partial charge is 0.321 e. The molecule has 3 N–H and O–H groups in total. The molecular formula is C15H22N4O2. The number of methoxy groups -OCH3 is 1. The Morgan fingerprint density at radius 3 is 2.62 bits per heavy atom. The molecule has 0 aromatic heterocycles. The van der Waals surface area contributed by atoms with E-state index in [9.17, 15) is 4.79 Å². The van der Waals surface area contributed by atoms with Gasteiger partial charge in [-0.3, -0.25) is 0 Å². The molecule has 114 valence electrons. The number of ether oxygens (including phenoxy) is 1. The molecule has 6 heteroatoms. The third kappa shape index (κ3) is 5.81. The van der Waals surface area contributed by atoms with Crippen LogP contribution in [0.5, 0.6) is 0 Å². The number of benzene rings is 1. The Morgan fingerprint density at radius 1 is 1.43 bits per heavy atom. The molecule has 0 bridgehead atoms. The monoisotopic (exact) mass is 290 g/mol. The van der Waals surface area contributed by atoms with Crippen LogP contribution in [-0.4, -0.2) is 37.7 Å². The summed E-state index contributed by atoms with van der Waals surface area (Å²) in [4.78, 5) is 13.7. The Labute approximate surface area is 125 Å². The van der Waals surface area contributed by atoms with Crippen molar-refractivity contribution >= 4 is 11.7 Å². The van der Waals surface area contributed by atoms with Gasteiger partial charge >= 0.3 is 6.03 Å². The van der Waals surface area contributed by atoms with Crippen LogP contribution in [0.1, 0.15) is 24.9 Å². The first-order chi connectivity index (χ1) is 10.1. The first-order valence-electron chi connectivity index (χ1n) is 6.85. The van der Waals surface area contributed by atoms with Crippen molar-refractivity contribution in [3.05, 3.63) is 29.8 Å². The summed E-state index contributed by atoms with van der Waals surface area (Å²) in [6, 6.07) is 9.16. The van der Waals surface area contributed by atoms with Crippen LogP contribution in [0, 0.1) is 11.3 Å². The summed E-state index contributed by atoms with van der Waals surface area (Å²) < 4.78 is 4.98. The maximum atomic E-state index is 12.2. The number of anilines is 1. The van der Waals surface area contributed by atoms with Crippen molar-refractivity contribution in [2.45, 2.75) is 19.4 Å². The maximum Gasteiger partial charge on any atom is 0.321 e. The summed E-state index contributed by atoms with van der Waals surface area (Å²) in [5.74, 6) is 0. The van der Waals surface area contributed by atoms with Crippen molar-refractivity contribution in [2.75, 3.05) is 32.1 Å². The van der Waals surface area contributed by atoms with Crippen LogP contribution >= 0.6 is 0 Å². The third-order valence-corrected chi connectivity index (χ3v) is 3.03. The fourth-order valence-electron chi connectivity index (χ4n) is 1.77. The highest BCUT2D eigenvalue weighted by Crippen LogP contribution is 2.14. The molecular weight excluding hydrogens is 268 g/mol. The van der Waals surface area contributed by atoms with Crippen molar-refractivity contribution in [3.63, 3.8) is 0 Å². The van der Waals surface area contributed by atoms with Crippen LogP contribution in [-0.2, 0) is 4.74 Å². The SMILES string of the molecule is COCCN(CCC#N)C(=O)Nc1ccc(C(C)N)cc1. The molecule has 21 heavy (non-hydrogen) atoms. The van der Waals surface area contributed by atoms with Crippen molar-refractivity contribution in [2.24, 2.45) is 5.73 Å². The highest BCUT2D eigenvalue weighted by molar-refractivity contribution is 5.89. The van der Waals surface area contributed by atoms with Crippen LogP contribution < -0.4 is 11.1 Å². The average molecular weight is 290 g/mol. The van der Waals surface area contributed by atoms with E-state index in [1.807, 2.05) is 37.3 Å². The van der Waals surface area contributed by atoms with Crippen LogP contribution in [0.25, 0.3) is 0 Å². The standard InChI is InChI=1S/C15H22N4O2/c1-12(17)13-4-6-14(7-5-13)18-15(20)19(9-3-8-16)10-11-21-2/h4-7,12H,3,9-11,17H2,1-2H3,(H,18,20). The second-order valence-electron chi connectivity index (χ2n) is 4.73. The number of nitrogens with zero attached hydrogens (tertiary/aromatic N) is 2.